The van der Waals surface area contributed by atoms with Crippen molar-refractivity contribution in [1.29, 1.82) is 0 Å². The highest BCUT2D eigenvalue weighted by Crippen LogP contribution is 2.20. The molecule has 1 aromatic heterocycles. The minimum absolute atomic E-state index is 0.0684. The summed E-state index contributed by atoms with van der Waals surface area (Å²) in [5.74, 6) is -0.0684. The summed E-state index contributed by atoms with van der Waals surface area (Å²) in [5.41, 5.74) is 1.61. The smallest absolute Gasteiger partial charge is 0.243 e. The third-order valence-electron chi connectivity index (χ3n) is 3.91. The molecule has 3 rings (SSSR count). The number of benzene rings is 1. The van der Waals surface area contributed by atoms with Gasteiger partial charge in [-0.1, -0.05) is 25.0 Å². The lowest BCUT2D eigenvalue weighted by Gasteiger charge is -2.11. The van der Waals surface area contributed by atoms with Crippen molar-refractivity contribution < 1.29 is 9.53 Å². The van der Waals surface area contributed by atoms with Crippen molar-refractivity contribution >= 4 is 16.9 Å². The largest absolute Gasteiger partial charge is 0.378 e. The van der Waals surface area contributed by atoms with Crippen LogP contribution in [0.5, 0.6) is 0 Å². The molecule has 0 unspecified atom stereocenters. The highest BCUT2D eigenvalue weighted by molar-refractivity contribution is 5.76. The van der Waals surface area contributed by atoms with Crippen LogP contribution in [0.15, 0.2) is 24.3 Å². The number of carbonyl (C=O) groups excluding carboxylic acids is 1. The van der Waals surface area contributed by atoms with E-state index in [4.69, 9.17) is 4.74 Å². The summed E-state index contributed by atoms with van der Waals surface area (Å²) < 4.78 is 5.76. The first-order chi connectivity index (χ1) is 10.8. The Morgan fingerprint density at radius 1 is 1.23 bits per heavy atom. The van der Waals surface area contributed by atoms with Gasteiger partial charge in [-0.3, -0.25) is 4.79 Å². The van der Waals surface area contributed by atoms with Gasteiger partial charge in [0.1, 0.15) is 17.6 Å². The van der Waals surface area contributed by atoms with Crippen molar-refractivity contribution in [2.24, 2.45) is 0 Å². The predicted molar refractivity (Wildman–Crippen MR) is 83.4 cm³/mol. The summed E-state index contributed by atoms with van der Waals surface area (Å²) in [4.78, 5) is 13.3. The van der Waals surface area contributed by atoms with Crippen LogP contribution in [-0.4, -0.2) is 40.2 Å². The molecular formula is C16H22N4O2. The molecule has 1 fully saturated rings. The Kier molecular flexibility index (Phi) is 5.00. The number of nitrogens with one attached hydrogen (secondary N) is 1. The van der Waals surface area contributed by atoms with Crippen molar-refractivity contribution in [3.8, 4) is 0 Å². The van der Waals surface area contributed by atoms with Crippen LogP contribution in [-0.2, 0) is 16.1 Å². The van der Waals surface area contributed by atoms with Crippen LogP contribution < -0.4 is 5.32 Å². The Hall–Kier alpha value is -1.95. The molecule has 0 saturated heterocycles. The van der Waals surface area contributed by atoms with E-state index in [0.29, 0.717) is 12.6 Å². The van der Waals surface area contributed by atoms with E-state index in [-0.39, 0.29) is 12.5 Å². The first-order valence-corrected chi connectivity index (χ1v) is 7.99. The molecule has 1 saturated carbocycles. The van der Waals surface area contributed by atoms with E-state index >= 15 is 0 Å². The quantitative estimate of drug-likeness (QED) is 0.793. The standard InChI is InChI=1S/C16H22N4O2/c21-16(17-10-5-11-22-13-6-1-2-7-13)12-20-18-14-8-3-4-9-15(14)19-20/h3-4,8-9,13H,1-2,5-7,10-12H2,(H,17,21). The van der Waals surface area contributed by atoms with Crippen LogP contribution in [0.25, 0.3) is 11.0 Å². The van der Waals surface area contributed by atoms with Gasteiger partial charge >= 0.3 is 0 Å². The summed E-state index contributed by atoms with van der Waals surface area (Å²) in [6, 6.07) is 7.59. The second-order valence-electron chi connectivity index (χ2n) is 5.70. The number of hydrogen-bond acceptors (Lipinski definition) is 4. The highest BCUT2D eigenvalue weighted by Gasteiger charge is 2.14. The van der Waals surface area contributed by atoms with E-state index in [0.717, 1.165) is 24.1 Å². The first kappa shape index (κ1) is 15.0. The fraction of sp³-hybridized carbons (Fsp3) is 0.562. The molecule has 0 bridgehead atoms. The summed E-state index contributed by atoms with van der Waals surface area (Å²) in [6.07, 6.45) is 6.22. The zero-order valence-corrected chi connectivity index (χ0v) is 12.7. The molecule has 22 heavy (non-hydrogen) atoms. The Labute approximate surface area is 129 Å². The lowest BCUT2D eigenvalue weighted by molar-refractivity contribution is -0.122. The van der Waals surface area contributed by atoms with E-state index in [2.05, 4.69) is 15.5 Å². The minimum atomic E-state index is -0.0684. The Morgan fingerprint density at radius 3 is 2.59 bits per heavy atom. The maximum absolute atomic E-state index is 11.9. The van der Waals surface area contributed by atoms with E-state index in [1.54, 1.807) is 0 Å². The number of aromatic nitrogens is 3. The van der Waals surface area contributed by atoms with Gasteiger partial charge < -0.3 is 10.1 Å². The van der Waals surface area contributed by atoms with Crippen molar-refractivity contribution in [2.75, 3.05) is 13.2 Å². The van der Waals surface area contributed by atoms with Gasteiger partial charge in [0.25, 0.3) is 0 Å². The molecule has 1 heterocycles. The lowest BCUT2D eigenvalue weighted by atomic mass is 10.3. The van der Waals surface area contributed by atoms with Crippen LogP contribution in [0.4, 0.5) is 0 Å². The van der Waals surface area contributed by atoms with Crippen molar-refractivity contribution in [3.05, 3.63) is 24.3 Å². The third kappa shape index (κ3) is 4.04. The van der Waals surface area contributed by atoms with Gasteiger partial charge in [0.05, 0.1) is 6.10 Å². The summed E-state index contributed by atoms with van der Waals surface area (Å²) in [6.45, 7) is 1.50. The number of hydrogen-bond donors (Lipinski definition) is 1. The first-order valence-electron chi connectivity index (χ1n) is 7.99. The van der Waals surface area contributed by atoms with E-state index < -0.39 is 0 Å². The predicted octanol–water partition coefficient (Wildman–Crippen LogP) is 1.90. The molecule has 1 aliphatic carbocycles. The number of rotatable bonds is 7. The molecule has 1 N–H and O–H groups in total. The summed E-state index contributed by atoms with van der Waals surface area (Å²) >= 11 is 0. The molecule has 6 nitrogen and oxygen atoms in total. The second-order valence-corrected chi connectivity index (χ2v) is 5.70. The maximum Gasteiger partial charge on any atom is 0.243 e. The topological polar surface area (TPSA) is 69.0 Å². The average Bonchev–Trinajstić information content (AvgIpc) is 3.15. The van der Waals surface area contributed by atoms with E-state index in [9.17, 15) is 4.79 Å². The second kappa shape index (κ2) is 7.35. The molecule has 0 atom stereocenters. The fourth-order valence-electron chi connectivity index (χ4n) is 2.76. The van der Waals surface area contributed by atoms with Crippen molar-refractivity contribution in [3.63, 3.8) is 0 Å². The minimum Gasteiger partial charge on any atom is -0.378 e. The summed E-state index contributed by atoms with van der Waals surface area (Å²) in [5, 5.41) is 11.4. The molecule has 2 aromatic rings. The van der Waals surface area contributed by atoms with Crippen molar-refractivity contribution in [1.82, 2.24) is 20.3 Å². The zero-order valence-electron chi connectivity index (χ0n) is 12.7. The van der Waals surface area contributed by atoms with Gasteiger partial charge in [-0.2, -0.15) is 15.0 Å². The fourth-order valence-corrected chi connectivity index (χ4v) is 2.76. The molecule has 6 heteroatoms. The Balaban J connectivity index is 1.35. The molecule has 0 radical (unpaired) electrons. The van der Waals surface area contributed by atoms with Crippen LogP contribution >= 0.6 is 0 Å². The van der Waals surface area contributed by atoms with Gasteiger partial charge in [0, 0.05) is 13.2 Å². The number of amides is 1. The Morgan fingerprint density at radius 2 is 1.91 bits per heavy atom. The number of nitrogens with zero attached hydrogens (tertiary/aromatic N) is 3. The third-order valence-corrected chi connectivity index (χ3v) is 3.91. The van der Waals surface area contributed by atoms with Gasteiger partial charge in [-0.15, -0.1) is 0 Å². The Bertz CT molecular complexity index is 586. The van der Waals surface area contributed by atoms with Crippen LogP contribution in [0.3, 0.4) is 0 Å². The number of fused-ring (bicyclic) bond motifs is 1. The molecule has 0 spiro atoms. The summed E-state index contributed by atoms with van der Waals surface area (Å²) in [7, 11) is 0. The number of ether oxygens (including phenoxy) is 1. The van der Waals surface area contributed by atoms with Crippen molar-refractivity contribution in [2.45, 2.75) is 44.8 Å². The number of carbonyl (C=O) groups is 1. The van der Waals surface area contributed by atoms with E-state index in [1.807, 2.05) is 24.3 Å². The molecular weight excluding hydrogens is 280 g/mol. The zero-order chi connectivity index (χ0) is 15.2. The van der Waals surface area contributed by atoms with Gasteiger partial charge in [0.15, 0.2) is 0 Å². The van der Waals surface area contributed by atoms with Gasteiger partial charge in [-0.05, 0) is 31.4 Å². The van der Waals surface area contributed by atoms with Gasteiger partial charge in [0.2, 0.25) is 5.91 Å². The molecule has 0 aliphatic heterocycles. The highest BCUT2D eigenvalue weighted by atomic mass is 16.5. The molecule has 118 valence electrons. The van der Waals surface area contributed by atoms with Crippen LogP contribution in [0.2, 0.25) is 0 Å². The molecule has 1 aliphatic rings. The molecule has 1 aromatic carbocycles. The monoisotopic (exact) mass is 302 g/mol. The maximum atomic E-state index is 11.9. The average molecular weight is 302 g/mol. The molecule has 1 amide bonds. The van der Waals surface area contributed by atoms with E-state index in [1.165, 1.54) is 30.5 Å². The normalized spacial score (nSPS) is 15.5. The SMILES string of the molecule is O=C(Cn1nc2ccccc2n1)NCCCOC1CCCC1. The van der Waals surface area contributed by atoms with Gasteiger partial charge in [-0.25, -0.2) is 0 Å². The van der Waals surface area contributed by atoms with Crippen LogP contribution in [0.1, 0.15) is 32.1 Å². The lowest BCUT2D eigenvalue weighted by Crippen LogP contribution is -2.30. The van der Waals surface area contributed by atoms with Crippen LogP contribution in [0, 0.1) is 0 Å².